The molecule has 5 nitrogen and oxygen atoms in total. The number of rotatable bonds is 2. The van der Waals surface area contributed by atoms with Crippen molar-refractivity contribution < 1.29 is 51.2 Å². The summed E-state index contributed by atoms with van der Waals surface area (Å²) >= 11 is 11.3. The van der Waals surface area contributed by atoms with E-state index in [1.54, 1.807) is 0 Å². The first kappa shape index (κ1) is 38.7. The monoisotopic (exact) mass is 881 g/mol. The summed E-state index contributed by atoms with van der Waals surface area (Å²) in [5.74, 6) is -9.65. The SMILES string of the molecule is Fc1ccc(Br)c(F)c1.NC(=O)c1c(F)ccc(Br)c1F.O=C(O)c1c(F)ccc(Br)c1F.[C-]#[N+]c1c(F)ccc(Br)c1F.[H+]. The van der Waals surface area contributed by atoms with Crippen LogP contribution in [-0.4, -0.2) is 17.0 Å². The molecule has 0 saturated heterocycles. The second-order valence-electron chi connectivity index (χ2n) is 7.47. The number of primary amides is 1. The van der Waals surface area contributed by atoms with Crippen LogP contribution in [0.5, 0.6) is 0 Å². The second kappa shape index (κ2) is 17.8. The topological polar surface area (TPSA) is 84.8 Å². The molecule has 0 aliphatic heterocycles. The lowest BCUT2D eigenvalue weighted by Crippen LogP contribution is -2.15. The van der Waals surface area contributed by atoms with Gasteiger partial charge in [0.25, 0.3) is 11.6 Å². The zero-order chi connectivity index (χ0) is 33.9. The van der Waals surface area contributed by atoms with Crippen molar-refractivity contribution in [2.45, 2.75) is 0 Å². The number of carbonyl (C=O) groups is 2. The highest BCUT2D eigenvalue weighted by molar-refractivity contribution is 9.11. The van der Waals surface area contributed by atoms with Crippen molar-refractivity contribution in [1.29, 1.82) is 0 Å². The van der Waals surface area contributed by atoms with Crippen LogP contribution in [0.2, 0.25) is 0 Å². The summed E-state index contributed by atoms with van der Waals surface area (Å²) in [7, 11) is 0. The summed E-state index contributed by atoms with van der Waals surface area (Å²) in [4.78, 5) is 23.5. The van der Waals surface area contributed by atoms with Gasteiger partial charge in [0.1, 0.15) is 46.0 Å². The molecular formula is C27H13Br4F8N2O3+. The molecule has 0 saturated carbocycles. The van der Waals surface area contributed by atoms with E-state index in [4.69, 9.17) is 17.4 Å². The first-order chi connectivity index (χ1) is 20.4. The number of carboxylic acid groups (broad SMARTS) is 1. The van der Waals surface area contributed by atoms with Gasteiger partial charge in [0.05, 0.1) is 20.0 Å². The Balaban J connectivity index is 0.000000572. The van der Waals surface area contributed by atoms with Crippen molar-refractivity contribution in [3.8, 4) is 0 Å². The molecule has 4 aromatic carbocycles. The molecular weight excluding hydrogens is 872 g/mol. The van der Waals surface area contributed by atoms with Crippen molar-refractivity contribution in [1.82, 2.24) is 0 Å². The molecule has 4 aromatic rings. The molecule has 44 heavy (non-hydrogen) atoms. The quantitative estimate of drug-likeness (QED) is 0.119. The van der Waals surface area contributed by atoms with Crippen LogP contribution in [0.3, 0.4) is 0 Å². The third-order valence-electron chi connectivity index (χ3n) is 4.56. The number of hydrogen-bond donors (Lipinski definition) is 2. The van der Waals surface area contributed by atoms with Gasteiger partial charge in [-0.1, -0.05) is 0 Å². The van der Waals surface area contributed by atoms with Crippen molar-refractivity contribution >= 4 is 81.3 Å². The molecule has 3 N–H and O–H groups in total. The molecule has 0 radical (unpaired) electrons. The standard InChI is InChI=1S/C7H4BrF2NO.C7H2BrF2N.C7H3BrF2O2.C6H3BrF2/c8-3-1-2-4(9)5(6(3)10)7(11)12;1-11-7-5(9)3-2-4(8)6(7)10;8-3-1-2-4(9)5(6(3)10)7(11)12;7-5-2-1-4(8)3-6(5)9/h1-2H,(H2,11,12);2-3H;1-2H,(H,11,12);1-3H/p+1. The van der Waals surface area contributed by atoms with E-state index in [0.29, 0.717) is 0 Å². The minimum Gasteiger partial charge on any atom is -0.477 e. The Bertz CT molecular complexity index is 1680. The van der Waals surface area contributed by atoms with E-state index >= 15 is 0 Å². The summed E-state index contributed by atoms with van der Waals surface area (Å²) in [5.41, 5.74) is 2.52. The smallest absolute Gasteiger partial charge is 0.477 e. The van der Waals surface area contributed by atoms with Gasteiger partial charge in [0.15, 0.2) is 11.6 Å². The van der Waals surface area contributed by atoms with Crippen molar-refractivity contribution in [3.63, 3.8) is 0 Å². The molecule has 17 heteroatoms. The van der Waals surface area contributed by atoms with E-state index in [1.807, 2.05) is 0 Å². The molecule has 0 spiro atoms. The molecule has 232 valence electrons. The van der Waals surface area contributed by atoms with Crippen molar-refractivity contribution in [3.05, 3.63) is 142 Å². The lowest BCUT2D eigenvalue weighted by Gasteiger charge is -2.00. The average Bonchev–Trinajstić information content (AvgIpc) is 2.94. The Hall–Kier alpha value is -3.33. The van der Waals surface area contributed by atoms with Gasteiger partial charge in [-0.25, -0.2) is 44.8 Å². The molecule has 0 aliphatic carbocycles. The van der Waals surface area contributed by atoms with Gasteiger partial charge in [-0.15, -0.1) is 0 Å². The predicted molar refractivity (Wildman–Crippen MR) is 159 cm³/mol. The minimum absolute atomic E-state index is 0. The highest BCUT2D eigenvalue weighted by atomic mass is 79.9. The molecule has 0 aliphatic rings. The van der Waals surface area contributed by atoms with Crippen LogP contribution in [0.4, 0.5) is 40.8 Å². The minimum atomic E-state index is -1.62. The Kier molecular flexibility index (Phi) is 15.7. The molecule has 0 aromatic heterocycles. The summed E-state index contributed by atoms with van der Waals surface area (Å²) in [5, 5.41) is 8.37. The number of carboxylic acids is 1. The van der Waals surface area contributed by atoms with Gasteiger partial charge in [-0.05, 0) is 112 Å². The lowest BCUT2D eigenvalue weighted by atomic mass is 10.2. The first-order valence-electron chi connectivity index (χ1n) is 10.9. The van der Waals surface area contributed by atoms with Crippen molar-refractivity contribution in [2.24, 2.45) is 5.73 Å². The zero-order valence-corrected chi connectivity index (χ0v) is 27.4. The number of amides is 1. The fourth-order valence-corrected chi connectivity index (χ4v) is 3.79. The summed E-state index contributed by atoms with van der Waals surface area (Å²) in [6, 6.07) is 9.72. The van der Waals surface area contributed by atoms with Gasteiger partial charge in [-0.2, -0.15) is 0 Å². The molecule has 0 atom stereocenters. The maximum absolute atomic E-state index is 12.9. The molecule has 0 fully saturated rings. The summed E-state index contributed by atoms with van der Waals surface area (Å²) in [6.45, 7) is 6.45. The maximum Gasteiger partial charge on any atom is 1.00 e. The first-order valence-corrected chi connectivity index (χ1v) is 14.0. The lowest BCUT2D eigenvalue weighted by molar-refractivity contribution is 0.0686. The molecule has 0 bridgehead atoms. The number of hydrogen-bond acceptors (Lipinski definition) is 2. The Morgan fingerprint density at radius 3 is 1.39 bits per heavy atom. The van der Waals surface area contributed by atoms with Crippen LogP contribution in [0.15, 0.2) is 72.5 Å². The predicted octanol–water partition coefficient (Wildman–Crippen LogP) is 10.4. The van der Waals surface area contributed by atoms with Gasteiger partial charge >= 0.3 is 7.40 Å². The molecule has 1 amide bonds. The Labute approximate surface area is 278 Å². The zero-order valence-electron chi connectivity index (χ0n) is 22.0. The maximum atomic E-state index is 12.9. The van der Waals surface area contributed by atoms with E-state index in [0.717, 1.165) is 36.4 Å². The van der Waals surface area contributed by atoms with E-state index in [9.17, 15) is 44.7 Å². The highest BCUT2D eigenvalue weighted by Crippen LogP contribution is 2.28. The fraction of sp³-hybridized carbons (Fsp3) is 0. The molecule has 0 heterocycles. The Morgan fingerprint density at radius 2 is 1.05 bits per heavy atom. The van der Waals surface area contributed by atoms with Crippen LogP contribution in [0, 0.1) is 53.1 Å². The number of aromatic carboxylic acids is 1. The van der Waals surface area contributed by atoms with Gasteiger partial charge in [0.2, 0.25) is 0 Å². The van der Waals surface area contributed by atoms with Crippen LogP contribution >= 0.6 is 63.7 Å². The molecule has 0 unspecified atom stereocenters. The van der Waals surface area contributed by atoms with E-state index in [1.165, 1.54) is 18.2 Å². The average molecular weight is 885 g/mol. The third-order valence-corrected chi connectivity index (χ3v) is 7.04. The number of carbonyl (C=O) groups excluding carboxylic acids is 1. The number of nitrogens with two attached hydrogens (primary N) is 1. The summed E-state index contributed by atoms with van der Waals surface area (Å²) in [6.07, 6.45) is 0. The summed E-state index contributed by atoms with van der Waals surface area (Å²) < 4.78 is 101. The number of halogens is 12. The van der Waals surface area contributed by atoms with E-state index in [2.05, 4.69) is 68.6 Å². The third kappa shape index (κ3) is 11.0. The van der Waals surface area contributed by atoms with E-state index in [-0.39, 0.29) is 19.3 Å². The van der Waals surface area contributed by atoms with Gasteiger partial charge in [-0.3, -0.25) is 4.79 Å². The van der Waals surface area contributed by atoms with Gasteiger partial charge in [0, 0.05) is 10.5 Å². The van der Waals surface area contributed by atoms with Crippen molar-refractivity contribution in [2.75, 3.05) is 0 Å². The van der Waals surface area contributed by atoms with Crippen LogP contribution in [-0.2, 0) is 0 Å². The number of nitrogens with zero attached hydrogens (tertiary/aromatic N) is 1. The van der Waals surface area contributed by atoms with E-state index < -0.39 is 75.2 Å². The largest absolute Gasteiger partial charge is 1.00 e. The normalized spacial score (nSPS) is 9.70. The second-order valence-corrected chi connectivity index (χ2v) is 10.9. The fourth-order valence-electron chi connectivity index (χ4n) is 2.57. The van der Waals surface area contributed by atoms with Crippen LogP contribution in [0.1, 0.15) is 22.1 Å². The number of benzene rings is 4. The van der Waals surface area contributed by atoms with Gasteiger partial charge < -0.3 is 10.8 Å². The van der Waals surface area contributed by atoms with Crippen LogP contribution < -0.4 is 5.73 Å². The van der Waals surface area contributed by atoms with Crippen LogP contribution in [0.25, 0.3) is 4.85 Å². The highest BCUT2D eigenvalue weighted by Gasteiger charge is 2.18. The Morgan fingerprint density at radius 1 is 0.636 bits per heavy atom. The molecule has 4 rings (SSSR count).